The van der Waals surface area contributed by atoms with Gasteiger partial charge in [-0.05, 0) is 19.8 Å². The molecule has 0 radical (unpaired) electrons. The Hall–Kier alpha value is -1.93. The first-order valence-corrected chi connectivity index (χ1v) is 6.57. The third-order valence-corrected chi connectivity index (χ3v) is 3.03. The Bertz CT molecular complexity index is 489. The van der Waals surface area contributed by atoms with E-state index in [1.165, 1.54) is 0 Å². The molecule has 0 bridgehead atoms. The van der Waals surface area contributed by atoms with E-state index in [1.807, 2.05) is 6.92 Å². The molecular weight excluding hydrogens is 260 g/mol. The van der Waals surface area contributed by atoms with Crippen LogP contribution in [0.5, 0.6) is 0 Å². The van der Waals surface area contributed by atoms with E-state index < -0.39 is 5.91 Å². The second-order valence-corrected chi connectivity index (χ2v) is 4.77. The fourth-order valence-corrected chi connectivity index (χ4v) is 1.79. The summed E-state index contributed by atoms with van der Waals surface area (Å²) in [5.74, 6) is 7.61. The van der Waals surface area contributed by atoms with E-state index in [9.17, 15) is 4.79 Å². The van der Waals surface area contributed by atoms with E-state index in [4.69, 9.17) is 16.3 Å². The Morgan fingerprint density at radius 1 is 1.40 bits per heavy atom. The maximum absolute atomic E-state index is 10.5. The number of primary amides is 1. The Balaban J connectivity index is 1.95. The lowest BCUT2D eigenvalue weighted by molar-refractivity contribution is -0.122. The fourth-order valence-electron chi connectivity index (χ4n) is 1.79. The smallest absolute Gasteiger partial charge is 0.243 e. The summed E-state index contributed by atoms with van der Waals surface area (Å²) in [5, 5.41) is 3.16. The molecule has 0 saturated heterocycles. The summed E-state index contributed by atoms with van der Waals surface area (Å²) in [4.78, 5) is 19.4. The average molecular weight is 280 g/mol. The van der Waals surface area contributed by atoms with Crippen LogP contribution in [0.1, 0.15) is 30.1 Å². The molecule has 1 heterocycles. The predicted molar refractivity (Wildman–Crippen MR) is 75.1 cm³/mol. The number of carbonyl (C=O) groups is 1. The van der Waals surface area contributed by atoms with Gasteiger partial charge in [0.2, 0.25) is 5.91 Å². The van der Waals surface area contributed by atoms with Gasteiger partial charge < -0.3 is 21.2 Å². The number of nitrogens with zero attached hydrogens (tertiary/aromatic N) is 2. The quantitative estimate of drug-likeness (QED) is 0.296. The topological polar surface area (TPSA) is 128 Å². The molecule has 20 heavy (non-hydrogen) atoms. The molecule has 0 atom stereocenters. The van der Waals surface area contributed by atoms with Crippen molar-refractivity contribution in [3.8, 4) is 0 Å². The highest BCUT2D eigenvalue weighted by atomic mass is 16.5. The predicted octanol–water partition coefficient (Wildman–Crippen LogP) is -0.138. The van der Waals surface area contributed by atoms with Crippen LogP contribution < -0.4 is 22.3 Å². The minimum Gasteiger partial charge on any atom is -0.370 e. The van der Waals surface area contributed by atoms with Crippen LogP contribution in [0.3, 0.4) is 0 Å². The SMILES string of the molecule is Cc1c(NN)nc(C2CC2)nc1NCCOCC(N)=O. The van der Waals surface area contributed by atoms with Crippen molar-refractivity contribution in [1.29, 1.82) is 0 Å². The van der Waals surface area contributed by atoms with Crippen LogP contribution in [0.15, 0.2) is 0 Å². The number of nitrogen functional groups attached to an aromatic ring is 1. The van der Waals surface area contributed by atoms with E-state index >= 15 is 0 Å². The van der Waals surface area contributed by atoms with Crippen LogP contribution in [0.2, 0.25) is 0 Å². The third-order valence-electron chi connectivity index (χ3n) is 3.03. The molecule has 1 aliphatic rings. The number of amides is 1. The first-order chi connectivity index (χ1) is 9.61. The molecule has 0 aliphatic heterocycles. The molecule has 0 aromatic carbocycles. The van der Waals surface area contributed by atoms with Gasteiger partial charge in [-0.1, -0.05) is 0 Å². The first kappa shape index (κ1) is 14.5. The third kappa shape index (κ3) is 3.78. The lowest BCUT2D eigenvalue weighted by Gasteiger charge is -2.13. The minimum absolute atomic E-state index is 0.0760. The van der Waals surface area contributed by atoms with Crippen molar-refractivity contribution in [3.63, 3.8) is 0 Å². The molecule has 1 saturated carbocycles. The first-order valence-electron chi connectivity index (χ1n) is 6.57. The minimum atomic E-state index is -0.478. The average Bonchev–Trinajstić information content (AvgIpc) is 3.24. The highest BCUT2D eigenvalue weighted by Crippen LogP contribution is 2.39. The van der Waals surface area contributed by atoms with Gasteiger partial charge in [-0.25, -0.2) is 15.8 Å². The molecule has 110 valence electrons. The summed E-state index contributed by atoms with van der Waals surface area (Å²) >= 11 is 0. The standard InChI is InChI=1S/C12H20N6O2/c1-7-10(15-4-5-20-6-9(13)19)16-12(8-2-3-8)17-11(7)18-14/h8H,2-6,14H2,1H3,(H2,13,19)(H2,15,16,17,18). The van der Waals surface area contributed by atoms with Gasteiger partial charge in [0.05, 0.1) is 6.61 Å². The monoisotopic (exact) mass is 280 g/mol. The summed E-state index contributed by atoms with van der Waals surface area (Å²) in [6.45, 7) is 2.71. The van der Waals surface area contributed by atoms with Crippen molar-refractivity contribution in [1.82, 2.24) is 9.97 Å². The van der Waals surface area contributed by atoms with Crippen LogP contribution in [0.25, 0.3) is 0 Å². The Morgan fingerprint density at radius 3 is 2.70 bits per heavy atom. The van der Waals surface area contributed by atoms with Gasteiger partial charge in [-0.3, -0.25) is 4.79 Å². The highest BCUT2D eigenvalue weighted by molar-refractivity contribution is 5.74. The summed E-state index contributed by atoms with van der Waals surface area (Å²) in [6, 6.07) is 0. The molecule has 1 aromatic rings. The zero-order valence-corrected chi connectivity index (χ0v) is 11.5. The largest absolute Gasteiger partial charge is 0.370 e. The van der Waals surface area contributed by atoms with Crippen molar-refractivity contribution in [3.05, 3.63) is 11.4 Å². The molecule has 8 nitrogen and oxygen atoms in total. The number of anilines is 2. The van der Waals surface area contributed by atoms with Gasteiger partial charge in [0, 0.05) is 18.0 Å². The fraction of sp³-hybridized carbons (Fsp3) is 0.583. The molecule has 1 aliphatic carbocycles. The van der Waals surface area contributed by atoms with Gasteiger partial charge >= 0.3 is 0 Å². The van der Waals surface area contributed by atoms with Gasteiger partial charge in [-0.15, -0.1) is 0 Å². The van der Waals surface area contributed by atoms with Crippen LogP contribution >= 0.6 is 0 Å². The molecule has 0 spiro atoms. The maximum Gasteiger partial charge on any atom is 0.243 e. The van der Waals surface area contributed by atoms with Gasteiger partial charge in [0.25, 0.3) is 0 Å². The van der Waals surface area contributed by atoms with Gasteiger partial charge in [0.1, 0.15) is 24.1 Å². The number of hydrogen-bond acceptors (Lipinski definition) is 7. The number of ether oxygens (including phenoxy) is 1. The van der Waals surface area contributed by atoms with Crippen molar-refractivity contribution in [2.45, 2.75) is 25.7 Å². The number of rotatable bonds is 8. The number of nitrogens with two attached hydrogens (primary N) is 2. The molecule has 0 unspecified atom stereocenters. The number of hydrazine groups is 1. The van der Waals surface area contributed by atoms with Crippen molar-refractivity contribution >= 4 is 17.5 Å². The van der Waals surface area contributed by atoms with E-state index in [0.717, 1.165) is 30.0 Å². The molecule has 1 amide bonds. The highest BCUT2D eigenvalue weighted by Gasteiger charge is 2.28. The molecule has 2 rings (SSSR count). The van der Waals surface area contributed by atoms with Crippen LogP contribution in [0.4, 0.5) is 11.6 Å². The van der Waals surface area contributed by atoms with Crippen molar-refractivity contribution < 1.29 is 9.53 Å². The lowest BCUT2D eigenvalue weighted by Crippen LogP contribution is -2.21. The Morgan fingerprint density at radius 2 is 2.10 bits per heavy atom. The van der Waals surface area contributed by atoms with E-state index in [1.54, 1.807) is 0 Å². The zero-order chi connectivity index (χ0) is 14.5. The zero-order valence-electron chi connectivity index (χ0n) is 11.5. The van der Waals surface area contributed by atoms with Crippen molar-refractivity contribution in [2.75, 3.05) is 30.5 Å². The Kier molecular flexibility index (Phi) is 4.70. The summed E-state index contributed by atoms with van der Waals surface area (Å²) in [5.41, 5.74) is 8.43. The maximum atomic E-state index is 10.5. The molecule has 1 aromatic heterocycles. The van der Waals surface area contributed by atoms with Gasteiger partial charge in [-0.2, -0.15) is 0 Å². The lowest BCUT2D eigenvalue weighted by atomic mass is 10.3. The normalized spacial score (nSPS) is 14.1. The molecule has 6 N–H and O–H groups in total. The molecule has 8 heteroatoms. The second-order valence-electron chi connectivity index (χ2n) is 4.77. The molecule has 1 fully saturated rings. The second kappa shape index (κ2) is 6.49. The van der Waals surface area contributed by atoms with E-state index in [-0.39, 0.29) is 6.61 Å². The van der Waals surface area contributed by atoms with E-state index in [2.05, 4.69) is 20.7 Å². The number of nitrogens with one attached hydrogen (secondary N) is 2. The number of carbonyl (C=O) groups excluding carboxylic acids is 1. The van der Waals surface area contributed by atoms with Gasteiger partial charge in [0.15, 0.2) is 0 Å². The summed E-state index contributed by atoms with van der Waals surface area (Å²) < 4.78 is 5.08. The summed E-state index contributed by atoms with van der Waals surface area (Å²) in [7, 11) is 0. The van der Waals surface area contributed by atoms with Crippen molar-refractivity contribution in [2.24, 2.45) is 11.6 Å². The number of aromatic nitrogens is 2. The summed E-state index contributed by atoms with van der Waals surface area (Å²) in [6.07, 6.45) is 2.24. The number of hydrogen-bond donors (Lipinski definition) is 4. The van der Waals surface area contributed by atoms with E-state index in [0.29, 0.717) is 24.9 Å². The Labute approximate surface area is 117 Å². The molecular formula is C12H20N6O2. The van der Waals surface area contributed by atoms with Crippen LogP contribution in [-0.2, 0) is 9.53 Å². The van der Waals surface area contributed by atoms with Crippen LogP contribution in [0, 0.1) is 6.92 Å². The van der Waals surface area contributed by atoms with Crippen LogP contribution in [-0.4, -0.2) is 35.6 Å².